The molecule has 136 valence electrons. The van der Waals surface area contributed by atoms with Crippen molar-refractivity contribution in [3.05, 3.63) is 78.5 Å². The van der Waals surface area contributed by atoms with Gasteiger partial charge in [-0.2, -0.15) is 0 Å². The summed E-state index contributed by atoms with van der Waals surface area (Å²) < 4.78 is 7.44. The molecule has 7 nitrogen and oxygen atoms in total. The predicted molar refractivity (Wildman–Crippen MR) is 100 cm³/mol. The molecule has 4 aromatic rings. The van der Waals surface area contributed by atoms with Gasteiger partial charge in [0, 0.05) is 12.4 Å². The molecule has 0 aliphatic rings. The Bertz CT molecular complexity index is 1050. The molecule has 1 atom stereocenters. The number of nitrogens with zero attached hydrogens (tertiary/aromatic N) is 4. The number of hydrogen-bond acceptors (Lipinski definition) is 5. The number of hydrogen-bond donors (Lipinski definition) is 1. The third-order valence-electron chi connectivity index (χ3n) is 4.44. The number of aromatic nitrogens is 4. The minimum atomic E-state index is -0.260. The standard InChI is InChI=1S/C20H19N5O2/c1-2-15(14-7-9-21-10-8-14)24-20(26)17-12-27-19(23-17)11-25-13-22-16-5-3-4-6-18(16)25/h3-10,12-13,15H,2,11H2,1H3,(H,24,26)/t15-/m1/s1. The van der Waals surface area contributed by atoms with Gasteiger partial charge in [-0.1, -0.05) is 19.1 Å². The highest BCUT2D eigenvalue weighted by Gasteiger charge is 2.18. The zero-order valence-electron chi connectivity index (χ0n) is 14.9. The number of carbonyl (C=O) groups is 1. The van der Waals surface area contributed by atoms with E-state index in [0.29, 0.717) is 12.4 Å². The first-order chi connectivity index (χ1) is 13.2. The summed E-state index contributed by atoms with van der Waals surface area (Å²) in [5, 5.41) is 2.99. The number of oxazole rings is 1. The molecule has 0 bridgehead atoms. The fourth-order valence-electron chi connectivity index (χ4n) is 3.02. The van der Waals surface area contributed by atoms with Gasteiger partial charge in [-0.25, -0.2) is 9.97 Å². The zero-order chi connectivity index (χ0) is 18.6. The van der Waals surface area contributed by atoms with Gasteiger partial charge in [0.15, 0.2) is 5.69 Å². The van der Waals surface area contributed by atoms with Crippen LogP contribution in [0.3, 0.4) is 0 Å². The smallest absolute Gasteiger partial charge is 0.273 e. The molecule has 27 heavy (non-hydrogen) atoms. The van der Waals surface area contributed by atoms with E-state index < -0.39 is 0 Å². The molecule has 0 aliphatic carbocycles. The number of imidazole rings is 1. The lowest BCUT2D eigenvalue weighted by atomic mass is 10.1. The SMILES string of the molecule is CC[C@@H](NC(=O)c1coc(Cn2cnc3ccccc32)n1)c1ccncc1. The van der Waals surface area contributed by atoms with Gasteiger partial charge < -0.3 is 14.3 Å². The first-order valence-corrected chi connectivity index (χ1v) is 8.79. The molecule has 0 unspecified atom stereocenters. The van der Waals surface area contributed by atoms with Crippen LogP contribution in [0.4, 0.5) is 0 Å². The first kappa shape index (κ1) is 17.0. The van der Waals surface area contributed by atoms with E-state index >= 15 is 0 Å². The van der Waals surface area contributed by atoms with Crippen LogP contribution in [-0.2, 0) is 6.54 Å². The van der Waals surface area contributed by atoms with Gasteiger partial charge in [0.05, 0.1) is 23.4 Å². The van der Waals surface area contributed by atoms with Gasteiger partial charge >= 0.3 is 0 Å². The average molecular weight is 361 g/mol. The molecule has 1 N–H and O–H groups in total. The summed E-state index contributed by atoms with van der Waals surface area (Å²) in [4.78, 5) is 25.2. The van der Waals surface area contributed by atoms with Crippen LogP contribution in [0.15, 0.2) is 65.8 Å². The highest BCUT2D eigenvalue weighted by molar-refractivity contribution is 5.92. The van der Waals surface area contributed by atoms with Crippen molar-refractivity contribution in [2.75, 3.05) is 0 Å². The minimum absolute atomic E-state index is 0.0988. The van der Waals surface area contributed by atoms with Crippen LogP contribution in [0.5, 0.6) is 0 Å². The topological polar surface area (TPSA) is 85.8 Å². The van der Waals surface area contributed by atoms with E-state index in [0.717, 1.165) is 23.0 Å². The molecule has 4 rings (SSSR count). The van der Waals surface area contributed by atoms with Gasteiger partial charge in [-0.15, -0.1) is 0 Å². The molecule has 0 saturated heterocycles. The van der Waals surface area contributed by atoms with Gasteiger partial charge in [0.25, 0.3) is 5.91 Å². The molecule has 0 aliphatic heterocycles. The number of amides is 1. The summed E-state index contributed by atoms with van der Waals surface area (Å²) >= 11 is 0. The Balaban J connectivity index is 1.48. The van der Waals surface area contributed by atoms with Crippen molar-refractivity contribution in [2.45, 2.75) is 25.9 Å². The van der Waals surface area contributed by atoms with E-state index in [2.05, 4.69) is 20.3 Å². The Morgan fingerprint density at radius 3 is 2.85 bits per heavy atom. The number of benzene rings is 1. The van der Waals surface area contributed by atoms with Crippen molar-refractivity contribution >= 4 is 16.9 Å². The molecule has 0 spiro atoms. The Morgan fingerprint density at radius 2 is 2.04 bits per heavy atom. The lowest BCUT2D eigenvalue weighted by Crippen LogP contribution is -2.28. The molecule has 0 saturated carbocycles. The van der Waals surface area contributed by atoms with E-state index in [4.69, 9.17) is 4.42 Å². The van der Waals surface area contributed by atoms with E-state index in [1.807, 2.05) is 47.9 Å². The van der Waals surface area contributed by atoms with Crippen LogP contribution in [0.1, 0.15) is 41.3 Å². The van der Waals surface area contributed by atoms with Crippen molar-refractivity contribution in [1.29, 1.82) is 0 Å². The third kappa shape index (κ3) is 3.57. The fourth-order valence-corrected chi connectivity index (χ4v) is 3.02. The van der Waals surface area contributed by atoms with Crippen LogP contribution in [0, 0.1) is 0 Å². The van der Waals surface area contributed by atoms with E-state index in [1.165, 1.54) is 6.26 Å². The second-order valence-corrected chi connectivity index (χ2v) is 6.20. The molecular formula is C20H19N5O2. The summed E-state index contributed by atoms with van der Waals surface area (Å²) in [6.07, 6.45) is 7.33. The van der Waals surface area contributed by atoms with E-state index in [9.17, 15) is 4.79 Å². The quantitative estimate of drug-likeness (QED) is 0.569. The van der Waals surface area contributed by atoms with Gasteiger partial charge in [-0.3, -0.25) is 9.78 Å². The Kier molecular flexibility index (Phi) is 4.65. The average Bonchev–Trinajstić information content (AvgIpc) is 3.35. The second kappa shape index (κ2) is 7.41. The zero-order valence-corrected chi connectivity index (χ0v) is 14.9. The molecule has 1 amide bonds. The summed E-state index contributed by atoms with van der Waals surface area (Å²) in [7, 11) is 0. The minimum Gasteiger partial charge on any atom is -0.446 e. The Labute approximate surface area is 156 Å². The highest BCUT2D eigenvalue weighted by atomic mass is 16.3. The van der Waals surface area contributed by atoms with Crippen molar-refractivity contribution in [3.8, 4) is 0 Å². The van der Waals surface area contributed by atoms with Crippen molar-refractivity contribution in [3.63, 3.8) is 0 Å². The highest BCUT2D eigenvalue weighted by Crippen LogP contribution is 2.17. The molecule has 3 heterocycles. The molecule has 0 fully saturated rings. The lowest BCUT2D eigenvalue weighted by molar-refractivity contribution is 0.0930. The number of nitrogens with one attached hydrogen (secondary N) is 1. The maximum Gasteiger partial charge on any atom is 0.273 e. The van der Waals surface area contributed by atoms with E-state index in [-0.39, 0.29) is 17.6 Å². The van der Waals surface area contributed by atoms with Crippen LogP contribution in [0.25, 0.3) is 11.0 Å². The monoisotopic (exact) mass is 361 g/mol. The van der Waals surface area contributed by atoms with Crippen LogP contribution < -0.4 is 5.32 Å². The number of fused-ring (bicyclic) bond motifs is 1. The van der Waals surface area contributed by atoms with Crippen molar-refractivity contribution in [1.82, 2.24) is 24.8 Å². The summed E-state index contributed by atoms with van der Waals surface area (Å²) in [5.41, 5.74) is 3.17. The number of carbonyl (C=O) groups excluding carboxylic acids is 1. The molecule has 0 radical (unpaired) electrons. The summed E-state index contributed by atoms with van der Waals surface area (Å²) in [5.74, 6) is 0.199. The molecule has 3 aromatic heterocycles. The normalized spacial score (nSPS) is 12.2. The van der Waals surface area contributed by atoms with Crippen LogP contribution >= 0.6 is 0 Å². The number of rotatable bonds is 6. The van der Waals surface area contributed by atoms with Gasteiger partial charge in [0.1, 0.15) is 12.8 Å². The van der Waals surface area contributed by atoms with Gasteiger partial charge in [-0.05, 0) is 36.2 Å². The number of pyridine rings is 1. The summed E-state index contributed by atoms with van der Waals surface area (Å²) in [6, 6.07) is 11.5. The molecule has 1 aromatic carbocycles. The predicted octanol–water partition coefficient (Wildman–Crippen LogP) is 3.35. The van der Waals surface area contributed by atoms with Crippen molar-refractivity contribution in [2.24, 2.45) is 0 Å². The largest absolute Gasteiger partial charge is 0.446 e. The maximum absolute atomic E-state index is 12.5. The Morgan fingerprint density at radius 1 is 1.22 bits per heavy atom. The van der Waals surface area contributed by atoms with Gasteiger partial charge in [0.2, 0.25) is 5.89 Å². The summed E-state index contributed by atoms with van der Waals surface area (Å²) in [6.45, 7) is 2.43. The maximum atomic E-state index is 12.5. The molecule has 7 heteroatoms. The van der Waals surface area contributed by atoms with Crippen LogP contribution in [-0.4, -0.2) is 25.4 Å². The number of para-hydroxylation sites is 2. The van der Waals surface area contributed by atoms with Crippen molar-refractivity contribution < 1.29 is 9.21 Å². The first-order valence-electron chi connectivity index (χ1n) is 8.79. The van der Waals surface area contributed by atoms with E-state index in [1.54, 1.807) is 18.7 Å². The fraction of sp³-hybridized carbons (Fsp3) is 0.200. The Hall–Kier alpha value is -3.48. The third-order valence-corrected chi connectivity index (χ3v) is 4.44. The lowest BCUT2D eigenvalue weighted by Gasteiger charge is -2.16. The molecular weight excluding hydrogens is 342 g/mol. The van der Waals surface area contributed by atoms with Crippen LogP contribution in [0.2, 0.25) is 0 Å². The second-order valence-electron chi connectivity index (χ2n) is 6.20.